The van der Waals surface area contributed by atoms with Gasteiger partial charge in [0.05, 0.1) is 12.3 Å². The van der Waals surface area contributed by atoms with Gasteiger partial charge in [-0.25, -0.2) is 0 Å². The first-order valence-corrected chi connectivity index (χ1v) is 9.28. The molecule has 5 nitrogen and oxygen atoms in total. The molecule has 0 amide bonds. The fourth-order valence-electron chi connectivity index (χ4n) is 2.68. The number of hydrogen-bond acceptors (Lipinski definition) is 5. The van der Waals surface area contributed by atoms with Crippen LogP contribution in [0.3, 0.4) is 0 Å². The van der Waals surface area contributed by atoms with Crippen molar-refractivity contribution in [1.82, 2.24) is 5.43 Å². The van der Waals surface area contributed by atoms with Crippen molar-refractivity contribution < 1.29 is 9.47 Å². The number of aryl methyl sites for hydroxylation is 1. The van der Waals surface area contributed by atoms with E-state index in [0.717, 1.165) is 45.7 Å². The van der Waals surface area contributed by atoms with Gasteiger partial charge in [0.1, 0.15) is 0 Å². The van der Waals surface area contributed by atoms with Crippen molar-refractivity contribution in [1.29, 1.82) is 0 Å². The third kappa shape index (κ3) is 3.64. The Balaban J connectivity index is 1.40. The Labute approximate surface area is 151 Å². The minimum atomic E-state index is 0.293. The lowest BCUT2D eigenvalue weighted by atomic mass is 10.1. The lowest BCUT2D eigenvalue weighted by molar-refractivity contribution is 0.174. The lowest BCUT2D eigenvalue weighted by Crippen LogP contribution is -2.25. The number of nitrogens with one attached hydrogen (secondary N) is 1. The highest BCUT2D eigenvalue weighted by Gasteiger charge is 2.15. The zero-order chi connectivity index (χ0) is 17.1. The predicted molar refractivity (Wildman–Crippen MR) is 102 cm³/mol. The second kappa shape index (κ2) is 7.19. The molecule has 0 aliphatic carbocycles. The zero-order valence-electron chi connectivity index (χ0n) is 14.0. The number of thioether (sulfide) groups is 1. The first-order chi connectivity index (χ1) is 12.3. The van der Waals surface area contributed by atoms with Crippen molar-refractivity contribution in [2.24, 2.45) is 10.1 Å². The number of nitrogens with zero attached hydrogens (tertiary/aromatic N) is 2. The summed E-state index contributed by atoms with van der Waals surface area (Å²) in [5.74, 6) is 2.40. The maximum atomic E-state index is 5.40. The summed E-state index contributed by atoms with van der Waals surface area (Å²) in [4.78, 5) is 4.60. The monoisotopic (exact) mass is 353 g/mol. The fraction of sp³-hybridized carbons (Fsp3) is 0.263. The quantitative estimate of drug-likeness (QED) is 0.913. The van der Waals surface area contributed by atoms with Gasteiger partial charge in [0, 0.05) is 5.75 Å². The van der Waals surface area contributed by atoms with Gasteiger partial charge in [-0.2, -0.15) is 5.10 Å². The third-order valence-corrected chi connectivity index (χ3v) is 5.08. The molecule has 0 bridgehead atoms. The summed E-state index contributed by atoms with van der Waals surface area (Å²) in [7, 11) is 0. The van der Waals surface area contributed by atoms with E-state index in [1.807, 2.05) is 18.2 Å². The van der Waals surface area contributed by atoms with Crippen molar-refractivity contribution >= 4 is 22.6 Å². The van der Waals surface area contributed by atoms with Crippen molar-refractivity contribution in [3.05, 3.63) is 59.2 Å². The molecule has 0 spiro atoms. The number of amidine groups is 1. The van der Waals surface area contributed by atoms with Crippen LogP contribution in [-0.4, -0.2) is 23.4 Å². The summed E-state index contributed by atoms with van der Waals surface area (Å²) in [6.07, 6.45) is 1.05. The van der Waals surface area contributed by atoms with Crippen LogP contribution in [0.5, 0.6) is 11.5 Å². The molecule has 4 rings (SSSR count). The molecule has 25 heavy (non-hydrogen) atoms. The smallest absolute Gasteiger partial charge is 0.231 e. The summed E-state index contributed by atoms with van der Waals surface area (Å²) in [6.45, 7) is 3.04. The molecule has 1 N–H and O–H groups in total. The summed E-state index contributed by atoms with van der Waals surface area (Å²) < 4.78 is 10.7. The zero-order valence-corrected chi connectivity index (χ0v) is 14.8. The van der Waals surface area contributed by atoms with Gasteiger partial charge in [-0.3, -0.25) is 10.4 Å². The van der Waals surface area contributed by atoms with Crippen molar-refractivity contribution in [2.45, 2.75) is 19.9 Å². The SMILES string of the molecule is CCc1ccc(C2=NNC(=NCc3ccc4c(c3)OCO4)SC2)cc1. The second-order valence-corrected chi connectivity index (χ2v) is 6.78. The minimum Gasteiger partial charge on any atom is -0.454 e. The van der Waals surface area contributed by atoms with Crippen LogP contribution in [0.2, 0.25) is 0 Å². The van der Waals surface area contributed by atoms with E-state index in [1.54, 1.807) is 11.8 Å². The molecule has 0 radical (unpaired) electrons. The molecule has 0 aromatic heterocycles. The van der Waals surface area contributed by atoms with Crippen LogP contribution in [0.1, 0.15) is 23.6 Å². The van der Waals surface area contributed by atoms with E-state index in [9.17, 15) is 0 Å². The van der Waals surface area contributed by atoms with Crippen LogP contribution in [-0.2, 0) is 13.0 Å². The van der Waals surface area contributed by atoms with Gasteiger partial charge in [-0.15, -0.1) is 0 Å². The van der Waals surface area contributed by atoms with Crippen LogP contribution in [0.4, 0.5) is 0 Å². The van der Waals surface area contributed by atoms with Crippen molar-refractivity contribution in [3.63, 3.8) is 0 Å². The Kier molecular flexibility index (Phi) is 4.61. The standard InChI is InChI=1S/C19H19N3O2S/c1-2-13-3-6-15(7-4-13)16-11-25-19(22-21-16)20-10-14-5-8-17-18(9-14)24-12-23-17/h3-9H,2,10-12H2,1H3,(H,20,22). The highest BCUT2D eigenvalue weighted by atomic mass is 32.2. The summed E-state index contributed by atoms with van der Waals surface area (Å²) >= 11 is 1.67. The van der Waals surface area contributed by atoms with Gasteiger partial charge in [-0.1, -0.05) is 49.0 Å². The summed E-state index contributed by atoms with van der Waals surface area (Å²) in [5, 5.41) is 5.32. The molecule has 0 unspecified atom stereocenters. The van der Waals surface area contributed by atoms with Gasteiger partial charge < -0.3 is 9.47 Å². The molecular formula is C19H19N3O2S. The Morgan fingerprint density at radius 3 is 2.64 bits per heavy atom. The summed E-state index contributed by atoms with van der Waals surface area (Å²) in [5.41, 5.74) is 7.70. The molecule has 2 aliphatic rings. The number of benzene rings is 2. The highest BCUT2D eigenvalue weighted by molar-refractivity contribution is 8.14. The molecule has 0 fully saturated rings. The third-order valence-electron chi connectivity index (χ3n) is 4.17. The molecule has 128 valence electrons. The number of ether oxygens (including phenoxy) is 2. The maximum absolute atomic E-state index is 5.40. The number of fused-ring (bicyclic) bond motifs is 1. The molecule has 6 heteroatoms. The van der Waals surface area contributed by atoms with E-state index in [2.05, 4.69) is 46.7 Å². The number of rotatable bonds is 4. The predicted octanol–water partition coefficient (Wildman–Crippen LogP) is 3.57. The van der Waals surface area contributed by atoms with Gasteiger partial charge in [0.15, 0.2) is 16.7 Å². The van der Waals surface area contributed by atoms with Crippen molar-refractivity contribution in [2.75, 3.05) is 12.5 Å². The largest absolute Gasteiger partial charge is 0.454 e. The van der Waals surface area contributed by atoms with E-state index in [-0.39, 0.29) is 0 Å². The Morgan fingerprint density at radius 2 is 1.88 bits per heavy atom. The first kappa shape index (κ1) is 16.0. The van der Waals surface area contributed by atoms with Crippen LogP contribution in [0.15, 0.2) is 52.6 Å². The molecule has 2 aromatic rings. The number of hydrazone groups is 1. The highest BCUT2D eigenvalue weighted by Crippen LogP contribution is 2.32. The van der Waals surface area contributed by atoms with Gasteiger partial charge >= 0.3 is 0 Å². The molecule has 0 atom stereocenters. The Bertz CT molecular complexity index is 831. The molecule has 0 saturated carbocycles. The van der Waals surface area contributed by atoms with Crippen LogP contribution < -0.4 is 14.9 Å². The van der Waals surface area contributed by atoms with E-state index < -0.39 is 0 Å². The number of hydrogen-bond donors (Lipinski definition) is 1. The molecule has 2 aliphatic heterocycles. The van der Waals surface area contributed by atoms with E-state index in [4.69, 9.17) is 9.47 Å². The van der Waals surface area contributed by atoms with Gasteiger partial charge in [-0.05, 0) is 35.2 Å². The fourth-order valence-corrected chi connectivity index (χ4v) is 3.45. The number of aliphatic imine (C=N–C) groups is 1. The lowest BCUT2D eigenvalue weighted by Gasteiger charge is -2.15. The molecular weight excluding hydrogens is 334 g/mol. The second-order valence-electron chi connectivity index (χ2n) is 5.82. The first-order valence-electron chi connectivity index (χ1n) is 8.29. The van der Waals surface area contributed by atoms with E-state index >= 15 is 0 Å². The summed E-state index contributed by atoms with van der Waals surface area (Å²) in [6, 6.07) is 14.5. The average Bonchev–Trinajstić information content (AvgIpc) is 3.15. The maximum Gasteiger partial charge on any atom is 0.231 e. The molecule has 2 heterocycles. The minimum absolute atomic E-state index is 0.293. The Morgan fingerprint density at radius 1 is 1.08 bits per heavy atom. The average molecular weight is 353 g/mol. The Hall–Kier alpha value is -2.47. The van der Waals surface area contributed by atoms with Crippen LogP contribution in [0.25, 0.3) is 0 Å². The molecule has 0 saturated heterocycles. The van der Waals surface area contributed by atoms with Crippen LogP contribution >= 0.6 is 11.8 Å². The topological polar surface area (TPSA) is 55.2 Å². The van der Waals surface area contributed by atoms with Gasteiger partial charge in [0.2, 0.25) is 6.79 Å². The van der Waals surface area contributed by atoms with Crippen molar-refractivity contribution in [3.8, 4) is 11.5 Å². The van der Waals surface area contributed by atoms with Crippen LogP contribution in [0, 0.1) is 0 Å². The van der Waals surface area contributed by atoms with Gasteiger partial charge in [0.25, 0.3) is 0 Å². The van der Waals surface area contributed by atoms with E-state index in [1.165, 1.54) is 5.56 Å². The molecule has 2 aromatic carbocycles. The van der Waals surface area contributed by atoms with E-state index in [0.29, 0.717) is 13.3 Å². The normalized spacial score (nSPS) is 17.3.